The standard InChI is InChI=1S/C20H18ClFN4O2/c21-16-3-1-2-4-17(16)23-20(27)26-11-9-14(10-12-26)19-25-24-18(28-19)13-5-7-15(22)8-6-13/h1-8,14H,9-12H2,(H,23,27). The Balaban J connectivity index is 1.36. The molecular formula is C20H18ClFN4O2. The quantitative estimate of drug-likeness (QED) is 0.675. The van der Waals surface area contributed by atoms with Gasteiger partial charge in [0.15, 0.2) is 0 Å². The van der Waals surface area contributed by atoms with Gasteiger partial charge in [-0.2, -0.15) is 0 Å². The molecule has 0 spiro atoms. The molecule has 1 saturated heterocycles. The van der Waals surface area contributed by atoms with Crippen molar-refractivity contribution in [3.05, 3.63) is 65.3 Å². The third kappa shape index (κ3) is 3.99. The van der Waals surface area contributed by atoms with Gasteiger partial charge in [-0.3, -0.25) is 0 Å². The first-order valence-corrected chi connectivity index (χ1v) is 9.38. The van der Waals surface area contributed by atoms with Crippen LogP contribution in [0.25, 0.3) is 11.5 Å². The van der Waals surface area contributed by atoms with E-state index in [0.29, 0.717) is 41.1 Å². The molecule has 0 aliphatic carbocycles. The molecule has 0 bridgehead atoms. The highest BCUT2D eigenvalue weighted by Crippen LogP contribution is 2.30. The first-order chi connectivity index (χ1) is 13.6. The molecule has 0 atom stereocenters. The van der Waals surface area contributed by atoms with Crippen LogP contribution in [-0.4, -0.2) is 34.2 Å². The largest absolute Gasteiger partial charge is 0.420 e. The lowest BCUT2D eigenvalue weighted by Crippen LogP contribution is -2.40. The molecule has 0 saturated carbocycles. The van der Waals surface area contributed by atoms with E-state index in [1.807, 2.05) is 12.1 Å². The van der Waals surface area contributed by atoms with Crippen LogP contribution in [0.15, 0.2) is 52.9 Å². The van der Waals surface area contributed by atoms with Crippen molar-refractivity contribution in [2.24, 2.45) is 0 Å². The van der Waals surface area contributed by atoms with Crippen LogP contribution in [0.4, 0.5) is 14.9 Å². The van der Waals surface area contributed by atoms with Crippen LogP contribution >= 0.6 is 11.6 Å². The number of rotatable bonds is 3. The minimum Gasteiger partial charge on any atom is -0.420 e. The highest BCUT2D eigenvalue weighted by molar-refractivity contribution is 6.33. The number of amides is 2. The average molecular weight is 401 g/mol. The van der Waals surface area contributed by atoms with E-state index in [-0.39, 0.29) is 17.8 Å². The number of halogens is 2. The third-order valence-corrected chi connectivity index (χ3v) is 5.11. The SMILES string of the molecule is O=C(Nc1ccccc1Cl)N1CCC(c2nnc(-c3ccc(F)cc3)o2)CC1. The monoisotopic (exact) mass is 400 g/mol. The summed E-state index contributed by atoms with van der Waals surface area (Å²) < 4.78 is 18.8. The summed E-state index contributed by atoms with van der Waals surface area (Å²) in [5.74, 6) is 0.691. The van der Waals surface area contributed by atoms with Gasteiger partial charge in [0.25, 0.3) is 0 Å². The summed E-state index contributed by atoms with van der Waals surface area (Å²) >= 11 is 6.09. The number of benzene rings is 2. The van der Waals surface area contributed by atoms with Crippen LogP contribution in [0.5, 0.6) is 0 Å². The van der Waals surface area contributed by atoms with Crippen molar-refractivity contribution >= 4 is 23.3 Å². The van der Waals surface area contributed by atoms with Gasteiger partial charge in [-0.05, 0) is 49.2 Å². The van der Waals surface area contributed by atoms with Gasteiger partial charge in [0.05, 0.1) is 10.7 Å². The molecule has 1 aliphatic rings. The zero-order valence-corrected chi connectivity index (χ0v) is 15.7. The second-order valence-corrected chi connectivity index (χ2v) is 7.03. The Morgan fingerprint density at radius 2 is 1.82 bits per heavy atom. The maximum Gasteiger partial charge on any atom is 0.321 e. The number of piperidine rings is 1. The number of hydrogen-bond donors (Lipinski definition) is 1. The molecule has 8 heteroatoms. The van der Waals surface area contributed by atoms with E-state index in [1.54, 1.807) is 29.2 Å². The Hall–Kier alpha value is -2.93. The summed E-state index contributed by atoms with van der Waals surface area (Å²) in [6.45, 7) is 1.16. The van der Waals surface area contributed by atoms with E-state index in [9.17, 15) is 9.18 Å². The molecule has 1 aliphatic heterocycles. The number of para-hydroxylation sites is 1. The van der Waals surface area contributed by atoms with E-state index < -0.39 is 0 Å². The summed E-state index contributed by atoms with van der Waals surface area (Å²) in [7, 11) is 0. The minimum absolute atomic E-state index is 0.0889. The van der Waals surface area contributed by atoms with Gasteiger partial charge in [-0.25, -0.2) is 9.18 Å². The van der Waals surface area contributed by atoms with Gasteiger partial charge in [-0.1, -0.05) is 23.7 Å². The lowest BCUT2D eigenvalue weighted by molar-refractivity contribution is 0.190. The van der Waals surface area contributed by atoms with Gasteiger partial charge in [-0.15, -0.1) is 10.2 Å². The number of urea groups is 1. The molecule has 4 rings (SSSR count). The fraction of sp³-hybridized carbons (Fsp3) is 0.250. The van der Waals surface area contributed by atoms with Gasteiger partial charge < -0.3 is 14.6 Å². The highest BCUT2D eigenvalue weighted by Gasteiger charge is 2.27. The van der Waals surface area contributed by atoms with Crippen molar-refractivity contribution < 1.29 is 13.6 Å². The smallest absolute Gasteiger partial charge is 0.321 e. The molecule has 2 aromatic carbocycles. The average Bonchev–Trinajstić information content (AvgIpc) is 3.20. The Morgan fingerprint density at radius 3 is 2.54 bits per heavy atom. The van der Waals surface area contributed by atoms with Crippen LogP contribution < -0.4 is 5.32 Å². The molecule has 3 aromatic rings. The zero-order chi connectivity index (χ0) is 19.5. The number of carbonyl (C=O) groups excluding carboxylic acids is 1. The number of carbonyl (C=O) groups is 1. The molecule has 28 heavy (non-hydrogen) atoms. The summed E-state index contributed by atoms with van der Waals surface area (Å²) in [4.78, 5) is 14.2. The number of aromatic nitrogens is 2. The van der Waals surface area contributed by atoms with E-state index in [2.05, 4.69) is 15.5 Å². The second-order valence-electron chi connectivity index (χ2n) is 6.62. The third-order valence-electron chi connectivity index (χ3n) is 4.78. The van der Waals surface area contributed by atoms with Crippen molar-refractivity contribution in [1.29, 1.82) is 0 Å². The predicted molar refractivity (Wildman–Crippen MR) is 104 cm³/mol. The zero-order valence-electron chi connectivity index (χ0n) is 14.9. The molecule has 1 fully saturated rings. The first kappa shape index (κ1) is 18.4. The number of nitrogens with one attached hydrogen (secondary N) is 1. The molecule has 1 N–H and O–H groups in total. The molecule has 2 amide bonds. The van der Waals surface area contributed by atoms with Crippen LogP contribution in [0.1, 0.15) is 24.7 Å². The molecule has 2 heterocycles. The topological polar surface area (TPSA) is 71.3 Å². The number of likely N-dealkylation sites (tertiary alicyclic amines) is 1. The van der Waals surface area contributed by atoms with Crippen LogP contribution in [0, 0.1) is 5.82 Å². The fourth-order valence-corrected chi connectivity index (χ4v) is 3.38. The Morgan fingerprint density at radius 1 is 1.11 bits per heavy atom. The summed E-state index contributed by atoms with van der Waals surface area (Å²) in [6, 6.07) is 12.9. The van der Waals surface area contributed by atoms with Crippen LogP contribution in [0.2, 0.25) is 5.02 Å². The molecular weight excluding hydrogens is 383 g/mol. The first-order valence-electron chi connectivity index (χ1n) is 9.00. The normalized spacial score (nSPS) is 14.9. The van der Waals surface area contributed by atoms with E-state index in [0.717, 1.165) is 12.8 Å². The molecule has 6 nitrogen and oxygen atoms in total. The minimum atomic E-state index is -0.314. The molecule has 0 radical (unpaired) electrons. The predicted octanol–water partition coefficient (Wildman–Crippen LogP) is 4.94. The summed E-state index contributed by atoms with van der Waals surface area (Å²) in [6.07, 6.45) is 1.45. The molecule has 0 unspecified atom stereocenters. The number of nitrogens with zero attached hydrogens (tertiary/aromatic N) is 3. The maximum atomic E-state index is 13.0. The van der Waals surface area contributed by atoms with Crippen LogP contribution in [0.3, 0.4) is 0 Å². The fourth-order valence-electron chi connectivity index (χ4n) is 3.20. The number of hydrogen-bond acceptors (Lipinski definition) is 4. The maximum absolute atomic E-state index is 13.0. The Kier molecular flexibility index (Phi) is 5.25. The van der Waals surface area contributed by atoms with Crippen molar-refractivity contribution in [2.75, 3.05) is 18.4 Å². The second kappa shape index (κ2) is 7.98. The summed E-state index contributed by atoms with van der Waals surface area (Å²) in [5, 5.41) is 11.5. The lowest BCUT2D eigenvalue weighted by Gasteiger charge is -2.30. The van der Waals surface area contributed by atoms with Crippen molar-refractivity contribution in [2.45, 2.75) is 18.8 Å². The van der Waals surface area contributed by atoms with Crippen molar-refractivity contribution in [3.8, 4) is 11.5 Å². The lowest BCUT2D eigenvalue weighted by atomic mass is 9.97. The summed E-state index contributed by atoms with van der Waals surface area (Å²) in [5.41, 5.74) is 1.27. The molecule has 144 valence electrons. The van der Waals surface area contributed by atoms with Gasteiger partial charge >= 0.3 is 6.03 Å². The van der Waals surface area contributed by atoms with Gasteiger partial charge in [0.2, 0.25) is 11.8 Å². The van der Waals surface area contributed by atoms with Crippen LogP contribution in [-0.2, 0) is 0 Å². The Bertz CT molecular complexity index is 968. The van der Waals surface area contributed by atoms with Gasteiger partial charge in [0.1, 0.15) is 5.82 Å². The van der Waals surface area contributed by atoms with E-state index in [1.165, 1.54) is 12.1 Å². The molecule has 1 aromatic heterocycles. The van der Waals surface area contributed by atoms with E-state index >= 15 is 0 Å². The van der Waals surface area contributed by atoms with Crippen molar-refractivity contribution in [1.82, 2.24) is 15.1 Å². The Labute approximate surface area is 166 Å². The van der Waals surface area contributed by atoms with E-state index in [4.69, 9.17) is 16.0 Å². The number of anilines is 1. The van der Waals surface area contributed by atoms with Crippen molar-refractivity contribution in [3.63, 3.8) is 0 Å². The van der Waals surface area contributed by atoms with Gasteiger partial charge in [0, 0.05) is 24.6 Å². The highest BCUT2D eigenvalue weighted by atomic mass is 35.5.